The van der Waals surface area contributed by atoms with Gasteiger partial charge in [-0.05, 0) is 41.7 Å². The fourth-order valence-corrected chi connectivity index (χ4v) is 3.07. The standard InChI is InChI=1S/C16H16O4/c1-8-6-11(9-2-4-12(17)14(19)7-9)15-10(8)3-5-13(18)16(15)20/h2-5,7-8,11,17-20H,6H2,1H3/t8-,11-/m0/s1. The van der Waals surface area contributed by atoms with Crippen molar-refractivity contribution in [3.8, 4) is 23.0 Å². The molecule has 0 unspecified atom stereocenters. The van der Waals surface area contributed by atoms with Gasteiger partial charge in [-0.1, -0.05) is 19.1 Å². The van der Waals surface area contributed by atoms with Crippen molar-refractivity contribution in [3.63, 3.8) is 0 Å². The number of hydrogen-bond acceptors (Lipinski definition) is 4. The first-order chi connectivity index (χ1) is 9.49. The third kappa shape index (κ3) is 1.76. The van der Waals surface area contributed by atoms with Crippen LogP contribution in [0.15, 0.2) is 30.3 Å². The van der Waals surface area contributed by atoms with Gasteiger partial charge < -0.3 is 20.4 Å². The fraction of sp³-hybridized carbons (Fsp3) is 0.250. The molecule has 0 bridgehead atoms. The third-order valence-electron chi connectivity index (χ3n) is 4.10. The van der Waals surface area contributed by atoms with Crippen LogP contribution in [0, 0.1) is 0 Å². The van der Waals surface area contributed by atoms with E-state index < -0.39 is 0 Å². The van der Waals surface area contributed by atoms with Gasteiger partial charge >= 0.3 is 0 Å². The fourth-order valence-electron chi connectivity index (χ4n) is 3.07. The lowest BCUT2D eigenvalue weighted by atomic mass is 9.91. The van der Waals surface area contributed by atoms with Crippen LogP contribution in [0.5, 0.6) is 23.0 Å². The zero-order chi connectivity index (χ0) is 14.4. The van der Waals surface area contributed by atoms with Gasteiger partial charge in [0.2, 0.25) is 0 Å². The molecular weight excluding hydrogens is 256 g/mol. The average Bonchev–Trinajstić information content (AvgIpc) is 2.75. The molecule has 0 fully saturated rings. The summed E-state index contributed by atoms with van der Waals surface area (Å²) in [5.41, 5.74) is 2.53. The Morgan fingerprint density at radius 3 is 2.30 bits per heavy atom. The van der Waals surface area contributed by atoms with Crippen LogP contribution in [0.3, 0.4) is 0 Å². The van der Waals surface area contributed by atoms with Gasteiger partial charge in [0.25, 0.3) is 0 Å². The van der Waals surface area contributed by atoms with Crippen molar-refractivity contribution < 1.29 is 20.4 Å². The lowest BCUT2D eigenvalue weighted by Crippen LogP contribution is -1.96. The molecule has 104 valence electrons. The SMILES string of the molecule is C[C@H]1C[C@@H](c2ccc(O)c(O)c2)c2c1ccc(O)c2O. The molecule has 4 heteroatoms. The molecular formula is C16H16O4. The number of phenols is 4. The van der Waals surface area contributed by atoms with E-state index in [-0.39, 0.29) is 34.8 Å². The highest BCUT2D eigenvalue weighted by Gasteiger charge is 2.33. The zero-order valence-corrected chi connectivity index (χ0v) is 11.0. The normalized spacial score (nSPS) is 20.9. The Morgan fingerprint density at radius 1 is 0.900 bits per heavy atom. The molecule has 0 aliphatic heterocycles. The molecule has 2 aromatic carbocycles. The summed E-state index contributed by atoms with van der Waals surface area (Å²) in [6, 6.07) is 8.00. The minimum atomic E-state index is -0.178. The predicted octanol–water partition coefficient (Wildman–Crippen LogP) is 3.15. The van der Waals surface area contributed by atoms with Gasteiger partial charge in [-0.25, -0.2) is 0 Å². The van der Waals surface area contributed by atoms with Gasteiger partial charge in [0.05, 0.1) is 0 Å². The molecule has 0 saturated carbocycles. The second-order valence-corrected chi connectivity index (χ2v) is 5.37. The molecule has 4 nitrogen and oxygen atoms in total. The molecule has 0 amide bonds. The van der Waals surface area contributed by atoms with Crippen LogP contribution >= 0.6 is 0 Å². The maximum Gasteiger partial charge on any atom is 0.161 e. The van der Waals surface area contributed by atoms with Crippen LogP contribution in [0.25, 0.3) is 0 Å². The molecule has 0 aromatic heterocycles. The number of aromatic hydroxyl groups is 4. The highest BCUT2D eigenvalue weighted by atomic mass is 16.3. The number of rotatable bonds is 1. The van der Waals surface area contributed by atoms with E-state index >= 15 is 0 Å². The molecule has 20 heavy (non-hydrogen) atoms. The molecule has 0 radical (unpaired) electrons. The summed E-state index contributed by atoms with van der Waals surface area (Å²) < 4.78 is 0. The Morgan fingerprint density at radius 2 is 1.60 bits per heavy atom. The topological polar surface area (TPSA) is 80.9 Å². The van der Waals surface area contributed by atoms with E-state index in [0.29, 0.717) is 5.56 Å². The Kier molecular flexibility index (Phi) is 2.74. The smallest absolute Gasteiger partial charge is 0.161 e. The van der Waals surface area contributed by atoms with Crippen molar-refractivity contribution in [1.29, 1.82) is 0 Å². The first-order valence-electron chi connectivity index (χ1n) is 6.55. The van der Waals surface area contributed by atoms with Crippen LogP contribution in [0.1, 0.15) is 41.9 Å². The minimum Gasteiger partial charge on any atom is -0.504 e. The summed E-state index contributed by atoms with van der Waals surface area (Å²) in [5.74, 6) is -0.408. The van der Waals surface area contributed by atoms with E-state index in [4.69, 9.17) is 0 Å². The second-order valence-electron chi connectivity index (χ2n) is 5.37. The van der Waals surface area contributed by atoms with Crippen molar-refractivity contribution >= 4 is 0 Å². The van der Waals surface area contributed by atoms with Gasteiger partial charge in [-0.2, -0.15) is 0 Å². The van der Waals surface area contributed by atoms with E-state index in [1.54, 1.807) is 6.07 Å². The summed E-state index contributed by atoms with van der Waals surface area (Å²) in [5, 5.41) is 38.9. The molecule has 1 aliphatic carbocycles. The number of benzene rings is 2. The van der Waals surface area contributed by atoms with E-state index in [0.717, 1.165) is 17.5 Å². The van der Waals surface area contributed by atoms with Crippen molar-refractivity contribution in [1.82, 2.24) is 0 Å². The van der Waals surface area contributed by atoms with Crippen molar-refractivity contribution in [3.05, 3.63) is 47.0 Å². The molecule has 3 rings (SSSR count). The minimum absolute atomic E-state index is 0.0931. The summed E-state index contributed by atoms with van der Waals surface area (Å²) in [6.07, 6.45) is 0.788. The monoisotopic (exact) mass is 272 g/mol. The molecule has 2 aromatic rings. The van der Waals surface area contributed by atoms with Gasteiger partial charge in [0.15, 0.2) is 23.0 Å². The summed E-state index contributed by atoms with van der Waals surface area (Å²) in [7, 11) is 0. The quantitative estimate of drug-likeness (QED) is 0.601. The summed E-state index contributed by atoms with van der Waals surface area (Å²) in [6.45, 7) is 2.07. The van der Waals surface area contributed by atoms with Crippen LogP contribution in [0.4, 0.5) is 0 Å². The van der Waals surface area contributed by atoms with E-state index in [9.17, 15) is 20.4 Å². The highest BCUT2D eigenvalue weighted by molar-refractivity contribution is 5.58. The zero-order valence-electron chi connectivity index (χ0n) is 11.0. The van der Waals surface area contributed by atoms with Crippen molar-refractivity contribution in [2.24, 2.45) is 0 Å². The van der Waals surface area contributed by atoms with Gasteiger partial charge in [-0.3, -0.25) is 0 Å². The Balaban J connectivity index is 2.15. The van der Waals surface area contributed by atoms with Crippen LogP contribution in [-0.2, 0) is 0 Å². The second kappa shape index (κ2) is 4.34. The maximum atomic E-state index is 10.1. The largest absolute Gasteiger partial charge is 0.504 e. The Labute approximate surface area is 116 Å². The van der Waals surface area contributed by atoms with Crippen molar-refractivity contribution in [2.45, 2.75) is 25.2 Å². The summed E-state index contributed by atoms with van der Waals surface area (Å²) in [4.78, 5) is 0. The van der Waals surface area contributed by atoms with Crippen LogP contribution < -0.4 is 0 Å². The molecule has 1 aliphatic rings. The lowest BCUT2D eigenvalue weighted by molar-refractivity contribution is 0.397. The van der Waals surface area contributed by atoms with Crippen LogP contribution in [0.2, 0.25) is 0 Å². The van der Waals surface area contributed by atoms with E-state index in [1.165, 1.54) is 18.2 Å². The number of phenolic OH excluding ortho intramolecular Hbond substituents is 4. The molecule has 0 heterocycles. The highest BCUT2D eigenvalue weighted by Crippen LogP contribution is 2.51. The van der Waals surface area contributed by atoms with Gasteiger partial charge in [0.1, 0.15) is 0 Å². The lowest BCUT2D eigenvalue weighted by Gasteiger charge is -2.15. The molecule has 0 saturated heterocycles. The van der Waals surface area contributed by atoms with Crippen LogP contribution in [-0.4, -0.2) is 20.4 Å². The van der Waals surface area contributed by atoms with Gasteiger partial charge in [0, 0.05) is 11.5 Å². The summed E-state index contributed by atoms with van der Waals surface area (Å²) >= 11 is 0. The Bertz CT molecular complexity index is 678. The third-order valence-corrected chi connectivity index (χ3v) is 4.10. The number of hydrogen-bond donors (Lipinski definition) is 4. The predicted molar refractivity (Wildman–Crippen MR) is 74.4 cm³/mol. The Hall–Kier alpha value is -2.36. The van der Waals surface area contributed by atoms with Crippen molar-refractivity contribution in [2.75, 3.05) is 0 Å². The average molecular weight is 272 g/mol. The molecule has 4 N–H and O–H groups in total. The molecule has 2 atom stereocenters. The number of fused-ring (bicyclic) bond motifs is 1. The van der Waals surface area contributed by atoms with E-state index in [2.05, 4.69) is 6.92 Å². The molecule has 0 spiro atoms. The first-order valence-corrected chi connectivity index (χ1v) is 6.55. The maximum absolute atomic E-state index is 10.1. The van der Waals surface area contributed by atoms with Gasteiger partial charge in [-0.15, -0.1) is 0 Å². The first kappa shape index (κ1) is 12.7. The van der Waals surface area contributed by atoms with E-state index in [1.807, 2.05) is 6.07 Å².